The Balaban J connectivity index is 2.96. The van der Waals surface area contributed by atoms with Crippen molar-refractivity contribution in [2.24, 2.45) is 7.05 Å². The first-order valence-electron chi connectivity index (χ1n) is 3.96. The summed E-state index contributed by atoms with van der Waals surface area (Å²) in [5, 5.41) is 8.00. The maximum atomic E-state index is 4.03. The predicted octanol–water partition coefficient (Wildman–Crippen LogP) is 1.59. The Hall–Kier alpha value is -1.38. The fourth-order valence-electron chi connectivity index (χ4n) is 1.44. The summed E-state index contributed by atoms with van der Waals surface area (Å²) in [5.74, 6) is 0. The van der Waals surface area contributed by atoms with E-state index in [1.54, 1.807) is 0 Å². The highest BCUT2D eigenvalue weighted by atomic mass is 15.4. The Kier molecular flexibility index (Phi) is 1.40. The van der Waals surface area contributed by atoms with Gasteiger partial charge in [-0.15, -0.1) is 5.10 Å². The molecule has 2 rings (SSSR count). The lowest BCUT2D eigenvalue weighted by Crippen LogP contribution is -1.92. The van der Waals surface area contributed by atoms with Crippen molar-refractivity contribution in [3.05, 3.63) is 23.3 Å². The third-order valence-electron chi connectivity index (χ3n) is 2.29. The molecule has 0 atom stereocenters. The molecule has 12 heavy (non-hydrogen) atoms. The molecule has 0 N–H and O–H groups in total. The van der Waals surface area contributed by atoms with E-state index in [2.05, 4.69) is 30.2 Å². The molecular weight excluding hydrogens is 150 g/mol. The van der Waals surface area contributed by atoms with Crippen molar-refractivity contribution in [2.45, 2.75) is 13.8 Å². The van der Waals surface area contributed by atoms with Crippen LogP contribution >= 0.6 is 0 Å². The van der Waals surface area contributed by atoms with Gasteiger partial charge in [0.25, 0.3) is 0 Å². The lowest BCUT2D eigenvalue weighted by molar-refractivity contribution is 0.735. The zero-order chi connectivity index (χ0) is 8.72. The largest absolute Gasteiger partial charge is 0.247 e. The van der Waals surface area contributed by atoms with E-state index in [4.69, 9.17) is 0 Å². The van der Waals surface area contributed by atoms with E-state index in [9.17, 15) is 0 Å². The normalized spacial score (nSPS) is 10.9. The number of nitrogens with zero attached hydrogens (tertiary/aromatic N) is 3. The fourth-order valence-corrected chi connectivity index (χ4v) is 1.44. The summed E-state index contributed by atoms with van der Waals surface area (Å²) in [6.45, 7) is 4.20. The number of aromatic nitrogens is 3. The van der Waals surface area contributed by atoms with Gasteiger partial charge < -0.3 is 0 Å². The standard InChI is InChI=1S/C9H11N3/c1-6-4-5-8-9(7(6)2)12(3)11-10-8/h4-5H,1-3H3. The fraction of sp³-hybridized carbons (Fsp3) is 0.333. The molecule has 3 heteroatoms. The molecule has 1 aromatic carbocycles. The van der Waals surface area contributed by atoms with Crippen molar-refractivity contribution in [3.8, 4) is 0 Å². The molecule has 0 amide bonds. The monoisotopic (exact) mass is 161 g/mol. The van der Waals surface area contributed by atoms with Gasteiger partial charge in [-0.05, 0) is 31.0 Å². The molecule has 0 aliphatic rings. The van der Waals surface area contributed by atoms with Crippen LogP contribution in [0.5, 0.6) is 0 Å². The van der Waals surface area contributed by atoms with Crippen LogP contribution in [0.4, 0.5) is 0 Å². The highest BCUT2D eigenvalue weighted by molar-refractivity contribution is 5.79. The third-order valence-corrected chi connectivity index (χ3v) is 2.29. The highest BCUT2D eigenvalue weighted by Crippen LogP contribution is 2.17. The topological polar surface area (TPSA) is 30.7 Å². The van der Waals surface area contributed by atoms with Crippen molar-refractivity contribution >= 4 is 11.0 Å². The van der Waals surface area contributed by atoms with E-state index in [0.29, 0.717) is 0 Å². The van der Waals surface area contributed by atoms with E-state index in [1.165, 1.54) is 11.1 Å². The average molecular weight is 161 g/mol. The van der Waals surface area contributed by atoms with Gasteiger partial charge in [0.15, 0.2) is 0 Å². The molecule has 2 aromatic rings. The van der Waals surface area contributed by atoms with E-state index < -0.39 is 0 Å². The highest BCUT2D eigenvalue weighted by Gasteiger charge is 2.05. The smallest absolute Gasteiger partial charge is 0.113 e. The molecule has 3 nitrogen and oxygen atoms in total. The Bertz CT molecular complexity index is 429. The summed E-state index contributed by atoms with van der Waals surface area (Å²) < 4.78 is 1.82. The van der Waals surface area contributed by atoms with Crippen molar-refractivity contribution in [1.82, 2.24) is 15.0 Å². The van der Waals surface area contributed by atoms with Crippen molar-refractivity contribution < 1.29 is 0 Å². The van der Waals surface area contributed by atoms with Crippen LogP contribution in [0.3, 0.4) is 0 Å². The predicted molar refractivity (Wildman–Crippen MR) is 48.0 cm³/mol. The van der Waals surface area contributed by atoms with Crippen LogP contribution in [0, 0.1) is 13.8 Å². The quantitative estimate of drug-likeness (QED) is 0.587. The van der Waals surface area contributed by atoms with Crippen LogP contribution in [-0.4, -0.2) is 15.0 Å². The molecule has 0 bridgehead atoms. The van der Waals surface area contributed by atoms with Crippen LogP contribution < -0.4 is 0 Å². The van der Waals surface area contributed by atoms with Crippen LogP contribution in [0.25, 0.3) is 11.0 Å². The van der Waals surface area contributed by atoms with Crippen molar-refractivity contribution in [1.29, 1.82) is 0 Å². The minimum Gasteiger partial charge on any atom is -0.247 e. The SMILES string of the molecule is Cc1ccc2nnn(C)c2c1C. The minimum atomic E-state index is 0.973. The van der Waals surface area contributed by atoms with Gasteiger partial charge >= 0.3 is 0 Å². The van der Waals surface area contributed by atoms with Gasteiger partial charge in [0, 0.05) is 7.05 Å². The van der Waals surface area contributed by atoms with Crippen LogP contribution in [0.1, 0.15) is 11.1 Å². The molecule has 0 radical (unpaired) electrons. The minimum absolute atomic E-state index is 0.973. The van der Waals surface area contributed by atoms with Gasteiger partial charge in [-0.1, -0.05) is 11.3 Å². The number of aryl methyl sites for hydroxylation is 3. The average Bonchev–Trinajstić information content (AvgIpc) is 2.41. The van der Waals surface area contributed by atoms with Gasteiger partial charge in [-0.25, -0.2) is 4.68 Å². The van der Waals surface area contributed by atoms with E-state index in [-0.39, 0.29) is 0 Å². The number of fused-ring (bicyclic) bond motifs is 1. The van der Waals surface area contributed by atoms with Crippen LogP contribution in [0.2, 0.25) is 0 Å². The van der Waals surface area contributed by atoms with Crippen molar-refractivity contribution in [2.75, 3.05) is 0 Å². The van der Waals surface area contributed by atoms with Crippen LogP contribution in [-0.2, 0) is 7.05 Å². The summed E-state index contributed by atoms with van der Waals surface area (Å²) in [6, 6.07) is 4.08. The molecule has 62 valence electrons. The molecule has 0 unspecified atom stereocenters. The van der Waals surface area contributed by atoms with Crippen molar-refractivity contribution in [3.63, 3.8) is 0 Å². The first kappa shape index (κ1) is 7.28. The molecule has 0 aliphatic carbocycles. The Labute approximate surface area is 71.0 Å². The molecule has 0 fully saturated rings. The maximum absolute atomic E-state index is 4.03. The number of benzene rings is 1. The Morgan fingerprint density at radius 3 is 2.75 bits per heavy atom. The second-order valence-electron chi connectivity index (χ2n) is 3.09. The molecule has 1 aromatic heterocycles. The zero-order valence-corrected chi connectivity index (χ0v) is 7.50. The van der Waals surface area contributed by atoms with Gasteiger partial charge in [0.05, 0.1) is 5.52 Å². The first-order valence-corrected chi connectivity index (χ1v) is 3.96. The van der Waals surface area contributed by atoms with E-state index in [0.717, 1.165) is 11.0 Å². The van der Waals surface area contributed by atoms with Crippen LogP contribution in [0.15, 0.2) is 12.1 Å². The number of hydrogen-bond donors (Lipinski definition) is 0. The van der Waals surface area contributed by atoms with E-state index >= 15 is 0 Å². The lowest BCUT2D eigenvalue weighted by atomic mass is 10.1. The molecule has 0 aliphatic heterocycles. The first-order chi connectivity index (χ1) is 5.70. The molecular formula is C9H11N3. The Morgan fingerprint density at radius 1 is 1.25 bits per heavy atom. The third kappa shape index (κ3) is 0.826. The summed E-state index contributed by atoms with van der Waals surface area (Å²) in [6.07, 6.45) is 0. The number of rotatable bonds is 0. The summed E-state index contributed by atoms with van der Waals surface area (Å²) in [4.78, 5) is 0. The summed E-state index contributed by atoms with van der Waals surface area (Å²) in [7, 11) is 1.92. The maximum Gasteiger partial charge on any atom is 0.113 e. The van der Waals surface area contributed by atoms with Gasteiger partial charge in [-0.2, -0.15) is 0 Å². The summed E-state index contributed by atoms with van der Waals surface area (Å²) in [5.41, 5.74) is 4.66. The molecule has 0 saturated carbocycles. The zero-order valence-electron chi connectivity index (χ0n) is 7.50. The van der Waals surface area contributed by atoms with E-state index in [1.807, 2.05) is 17.8 Å². The van der Waals surface area contributed by atoms with Gasteiger partial charge in [0.2, 0.25) is 0 Å². The molecule has 1 heterocycles. The second-order valence-corrected chi connectivity index (χ2v) is 3.09. The molecule has 0 spiro atoms. The van der Waals surface area contributed by atoms with Gasteiger partial charge in [0.1, 0.15) is 5.52 Å². The summed E-state index contributed by atoms with van der Waals surface area (Å²) >= 11 is 0. The Morgan fingerprint density at radius 2 is 2.00 bits per heavy atom. The van der Waals surface area contributed by atoms with Gasteiger partial charge in [-0.3, -0.25) is 0 Å². The second kappa shape index (κ2) is 2.30. The number of hydrogen-bond acceptors (Lipinski definition) is 2. The lowest BCUT2D eigenvalue weighted by Gasteiger charge is -2.00. The molecule has 0 saturated heterocycles.